The molecule has 7 heteroatoms. The second-order valence-electron chi connectivity index (χ2n) is 4.93. The van der Waals surface area contributed by atoms with Gasteiger partial charge < -0.3 is 35.4 Å². The zero-order valence-electron chi connectivity index (χ0n) is 11.1. The third-order valence-electron chi connectivity index (χ3n) is 3.34. The summed E-state index contributed by atoms with van der Waals surface area (Å²) in [6.45, 7) is 0. The third-order valence-corrected chi connectivity index (χ3v) is 3.34. The highest BCUT2D eigenvalue weighted by atomic mass is 16.6. The van der Waals surface area contributed by atoms with Crippen molar-refractivity contribution in [2.75, 3.05) is 0 Å². The van der Waals surface area contributed by atoms with Gasteiger partial charge in [0, 0.05) is 0 Å². The van der Waals surface area contributed by atoms with Gasteiger partial charge >= 0.3 is 0 Å². The summed E-state index contributed by atoms with van der Waals surface area (Å²) >= 11 is 0. The van der Waals surface area contributed by atoms with Crippen LogP contribution in [-0.2, 0) is 4.74 Å². The zero-order chi connectivity index (χ0) is 15.6. The number of ether oxygens (including phenoxy) is 1. The molecule has 2 rings (SSSR count). The molecule has 1 aromatic carbocycles. The fraction of sp³-hybridized carbons (Fsp3) is 0.429. The number of phenols is 2. The highest BCUT2D eigenvalue weighted by molar-refractivity contribution is 5.55. The third kappa shape index (κ3) is 3.52. The van der Waals surface area contributed by atoms with Crippen LogP contribution in [0.5, 0.6) is 11.5 Å². The van der Waals surface area contributed by atoms with E-state index in [-0.39, 0.29) is 17.9 Å². The molecule has 0 aromatic heterocycles. The maximum atomic E-state index is 9.88. The van der Waals surface area contributed by atoms with Gasteiger partial charge in [0.05, 0.1) is 6.10 Å². The number of rotatable bonds is 4. The number of aliphatic hydroxyl groups is 4. The van der Waals surface area contributed by atoms with Crippen molar-refractivity contribution in [3.63, 3.8) is 0 Å². The molecule has 1 aromatic rings. The molecule has 7 nitrogen and oxygen atoms in total. The lowest BCUT2D eigenvalue weighted by molar-refractivity contribution is -0.145. The first-order valence-corrected chi connectivity index (χ1v) is 6.46. The van der Waals surface area contributed by atoms with E-state index in [0.29, 0.717) is 5.56 Å². The minimum absolute atomic E-state index is 0.114. The largest absolute Gasteiger partial charge is 0.504 e. The summed E-state index contributed by atoms with van der Waals surface area (Å²) in [6.07, 6.45) is -3.19. The first kappa shape index (κ1) is 15.7. The first-order valence-electron chi connectivity index (χ1n) is 6.46. The Morgan fingerprint density at radius 2 is 1.81 bits per heavy atom. The van der Waals surface area contributed by atoms with E-state index >= 15 is 0 Å². The van der Waals surface area contributed by atoms with E-state index in [1.807, 2.05) is 0 Å². The maximum absolute atomic E-state index is 9.88. The molecule has 0 saturated carbocycles. The molecule has 116 valence electrons. The fourth-order valence-electron chi connectivity index (χ4n) is 2.13. The summed E-state index contributed by atoms with van der Waals surface area (Å²) in [4.78, 5) is 0. The lowest BCUT2D eigenvalue weighted by Crippen LogP contribution is -2.38. The van der Waals surface area contributed by atoms with Crippen molar-refractivity contribution in [3.8, 4) is 11.5 Å². The monoisotopic (exact) mass is 298 g/mol. The van der Waals surface area contributed by atoms with Gasteiger partial charge in [-0.1, -0.05) is 18.2 Å². The molecule has 6 N–H and O–H groups in total. The lowest BCUT2D eigenvalue weighted by Gasteiger charge is -2.19. The Morgan fingerprint density at radius 3 is 2.38 bits per heavy atom. The summed E-state index contributed by atoms with van der Waals surface area (Å²) in [5, 5.41) is 56.6. The lowest BCUT2D eigenvalue weighted by atomic mass is 10.0. The smallest absolute Gasteiger partial charge is 0.184 e. The molecule has 1 fully saturated rings. The van der Waals surface area contributed by atoms with Crippen LogP contribution < -0.4 is 0 Å². The van der Waals surface area contributed by atoms with Crippen molar-refractivity contribution in [2.45, 2.75) is 37.1 Å². The van der Waals surface area contributed by atoms with Gasteiger partial charge in [0.2, 0.25) is 0 Å². The predicted octanol–water partition coefficient (Wildman–Crippen LogP) is -0.699. The van der Waals surface area contributed by atoms with Gasteiger partial charge in [0.1, 0.15) is 18.3 Å². The molecule has 0 radical (unpaired) electrons. The maximum Gasteiger partial charge on any atom is 0.184 e. The molecule has 2 unspecified atom stereocenters. The van der Waals surface area contributed by atoms with Crippen LogP contribution in [-0.4, -0.2) is 61.3 Å². The summed E-state index contributed by atoms with van der Waals surface area (Å²) < 4.78 is 4.88. The first-order chi connectivity index (χ1) is 9.90. The Kier molecular flexibility index (Phi) is 4.81. The molecular formula is C14H18O7. The standard InChI is InChI=1S/C14H18O7/c15-8-5-4-7(6-10(8)17)2-1-3-9(16)13-11(18)12(19)14(20)21-13/h1-2,4-6,9,11-20H,3H2/t9?,11-,12-,13+,14?/m0/s1. The zero-order valence-corrected chi connectivity index (χ0v) is 11.1. The molecule has 1 aliphatic heterocycles. The van der Waals surface area contributed by atoms with Crippen LogP contribution in [0.1, 0.15) is 12.0 Å². The summed E-state index contributed by atoms with van der Waals surface area (Å²) in [5.41, 5.74) is 0.616. The number of phenolic OH excluding ortho intramolecular Hbond substituents is 2. The Labute approximate surface area is 121 Å². The van der Waals surface area contributed by atoms with Crippen molar-refractivity contribution in [1.82, 2.24) is 0 Å². The number of aliphatic hydroxyl groups excluding tert-OH is 4. The van der Waals surface area contributed by atoms with Crippen molar-refractivity contribution in [1.29, 1.82) is 0 Å². The second kappa shape index (κ2) is 6.42. The van der Waals surface area contributed by atoms with Crippen LogP contribution in [0.2, 0.25) is 0 Å². The molecule has 1 aliphatic rings. The average Bonchev–Trinajstić information content (AvgIpc) is 2.70. The van der Waals surface area contributed by atoms with Crippen LogP contribution in [0.3, 0.4) is 0 Å². The van der Waals surface area contributed by atoms with Crippen molar-refractivity contribution < 1.29 is 35.4 Å². The Morgan fingerprint density at radius 1 is 1.10 bits per heavy atom. The summed E-state index contributed by atoms with van der Waals surface area (Å²) in [6, 6.07) is 4.26. The molecular weight excluding hydrogens is 280 g/mol. The highest BCUT2D eigenvalue weighted by Gasteiger charge is 2.44. The van der Waals surface area contributed by atoms with Gasteiger partial charge in [0.15, 0.2) is 17.8 Å². The van der Waals surface area contributed by atoms with E-state index in [1.54, 1.807) is 18.2 Å². The molecule has 5 atom stereocenters. The average molecular weight is 298 g/mol. The number of hydrogen-bond donors (Lipinski definition) is 6. The normalized spacial score (nSPS) is 30.9. The summed E-state index contributed by atoms with van der Waals surface area (Å²) in [7, 11) is 0. The number of aromatic hydroxyl groups is 2. The van der Waals surface area contributed by atoms with E-state index in [1.165, 1.54) is 12.1 Å². The SMILES string of the molecule is Oc1ccc(C=CCC(O)[C@H]2OC(O)[C@@H](O)[C@@H]2O)cc1O. The topological polar surface area (TPSA) is 131 Å². The van der Waals surface area contributed by atoms with E-state index in [2.05, 4.69) is 0 Å². The number of benzene rings is 1. The highest BCUT2D eigenvalue weighted by Crippen LogP contribution is 2.26. The van der Waals surface area contributed by atoms with Gasteiger partial charge in [-0.05, 0) is 24.1 Å². The van der Waals surface area contributed by atoms with Crippen LogP contribution in [0.25, 0.3) is 6.08 Å². The van der Waals surface area contributed by atoms with Crippen molar-refractivity contribution in [3.05, 3.63) is 29.8 Å². The number of hydrogen-bond acceptors (Lipinski definition) is 7. The van der Waals surface area contributed by atoms with Crippen molar-refractivity contribution in [2.24, 2.45) is 0 Å². The van der Waals surface area contributed by atoms with Gasteiger partial charge in [-0.2, -0.15) is 0 Å². The molecule has 0 aliphatic carbocycles. The molecule has 1 heterocycles. The van der Waals surface area contributed by atoms with Gasteiger partial charge in [-0.25, -0.2) is 0 Å². The summed E-state index contributed by atoms with van der Waals surface area (Å²) in [5.74, 6) is -0.476. The van der Waals surface area contributed by atoms with Crippen LogP contribution in [0.4, 0.5) is 0 Å². The van der Waals surface area contributed by atoms with Crippen LogP contribution in [0.15, 0.2) is 24.3 Å². The van der Waals surface area contributed by atoms with Gasteiger partial charge in [0.25, 0.3) is 0 Å². The molecule has 0 bridgehead atoms. The van der Waals surface area contributed by atoms with Gasteiger partial charge in [-0.3, -0.25) is 0 Å². The Bertz CT molecular complexity index is 516. The van der Waals surface area contributed by atoms with E-state index in [9.17, 15) is 30.6 Å². The minimum atomic E-state index is -1.52. The Balaban J connectivity index is 1.93. The van der Waals surface area contributed by atoms with Crippen LogP contribution >= 0.6 is 0 Å². The quantitative estimate of drug-likeness (QED) is 0.405. The molecule has 21 heavy (non-hydrogen) atoms. The second-order valence-corrected chi connectivity index (χ2v) is 4.93. The molecule has 0 amide bonds. The van der Waals surface area contributed by atoms with Crippen molar-refractivity contribution >= 4 is 6.08 Å². The van der Waals surface area contributed by atoms with Gasteiger partial charge in [-0.15, -0.1) is 0 Å². The molecule has 0 spiro atoms. The van der Waals surface area contributed by atoms with Crippen LogP contribution in [0, 0.1) is 0 Å². The van der Waals surface area contributed by atoms with E-state index in [4.69, 9.17) is 4.74 Å². The van der Waals surface area contributed by atoms with E-state index < -0.39 is 30.7 Å². The van der Waals surface area contributed by atoms with E-state index in [0.717, 1.165) is 0 Å². The fourth-order valence-corrected chi connectivity index (χ4v) is 2.13. The predicted molar refractivity (Wildman–Crippen MR) is 72.3 cm³/mol. The Hall–Kier alpha value is -1.64. The minimum Gasteiger partial charge on any atom is -0.504 e. The molecule has 1 saturated heterocycles.